The van der Waals surface area contributed by atoms with E-state index in [0.717, 1.165) is 10.5 Å². The molecule has 0 spiro atoms. The predicted octanol–water partition coefficient (Wildman–Crippen LogP) is 3.47. The van der Waals surface area contributed by atoms with Gasteiger partial charge in [0, 0.05) is 18.5 Å². The fourth-order valence-electron chi connectivity index (χ4n) is 2.62. The maximum atomic E-state index is 13.2. The molecule has 0 radical (unpaired) electrons. The summed E-state index contributed by atoms with van der Waals surface area (Å²) in [6.45, 7) is 2.13. The van der Waals surface area contributed by atoms with Crippen LogP contribution in [0.3, 0.4) is 0 Å². The fraction of sp³-hybridized carbons (Fsp3) is 0.300. The van der Waals surface area contributed by atoms with Crippen LogP contribution >= 0.6 is 11.8 Å². The van der Waals surface area contributed by atoms with Crippen LogP contribution in [0.15, 0.2) is 59.5 Å². The smallest absolute Gasteiger partial charge is 0.242 e. The number of halogens is 1. The van der Waals surface area contributed by atoms with E-state index >= 15 is 0 Å². The standard InChI is InChI=1S/C20H23FN2O2S/c1-3-18(20(25)22-2)23(13-15-9-11-16(21)12-10-15)19(24)14-26-17-7-5-4-6-8-17/h4-12,18H,3,13-14H2,1-2H3,(H,22,25)/t18-/m0/s1. The molecule has 6 heteroatoms. The van der Waals surface area contributed by atoms with Crippen molar-refractivity contribution in [1.29, 1.82) is 0 Å². The molecule has 0 unspecified atom stereocenters. The molecule has 26 heavy (non-hydrogen) atoms. The number of hydrogen-bond donors (Lipinski definition) is 1. The first-order chi connectivity index (χ1) is 12.5. The highest BCUT2D eigenvalue weighted by Gasteiger charge is 2.27. The van der Waals surface area contributed by atoms with Crippen molar-refractivity contribution in [3.8, 4) is 0 Å². The van der Waals surface area contributed by atoms with E-state index in [4.69, 9.17) is 0 Å². The van der Waals surface area contributed by atoms with E-state index in [1.807, 2.05) is 37.3 Å². The number of rotatable bonds is 8. The zero-order chi connectivity index (χ0) is 18.9. The van der Waals surface area contributed by atoms with Gasteiger partial charge < -0.3 is 10.2 Å². The first-order valence-corrected chi connectivity index (χ1v) is 9.47. The number of hydrogen-bond acceptors (Lipinski definition) is 3. The summed E-state index contributed by atoms with van der Waals surface area (Å²) >= 11 is 1.43. The molecule has 2 amide bonds. The maximum Gasteiger partial charge on any atom is 0.242 e. The first-order valence-electron chi connectivity index (χ1n) is 8.48. The Balaban J connectivity index is 2.16. The van der Waals surface area contributed by atoms with E-state index < -0.39 is 6.04 Å². The summed E-state index contributed by atoms with van der Waals surface area (Å²) < 4.78 is 13.2. The Morgan fingerprint density at radius 3 is 2.35 bits per heavy atom. The van der Waals surface area contributed by atoms with Crippen LogP contribution in [-0.4, -0.2) is 35.6 Å². The molecule has 0 heterocycles. The van der Waals surface area contributed by atoms with Gasteiger partial charge in [0.1, 0.15) is 11.9 Å². The van der Waals surface area contributed by atoms with Crippen molar-refractivity contribution in [1.82, 2.24) is 10.2 Å². The number of nitrogens with one attached hydrogen (secondary N) is 1. The highest BCUT2D eigenvalue weighted by atomic mass is 32.2. The van der Waals surface area contributed by atoms with E-state index in [0.29, 0.717) is 6.42 Å². The molecule has 0 fully saturated rings. The monoisotopic (exact) mass is 374 g/mol. The zero-order valence-corrected chi connectivity index (χ0v) is 15.8. The summed E-state index contributed by atoms with van der Waals surface area (Å²) in [6.07, 6.45) is 0.503. The van der Waals surface area contributed by atoms with Crippen molar-refractivity contribution < 1.29 is 14.0 Å². The molecule has 1 atom stereocenters. The lowest BCUT2D eigenvalue weighted by atomic mass is 10.1. The summed E-state index contributed by atoms with van der Waals surface area (Å²) in [5.41, 5.74) is 0.784. The Morgan fingerprint density at radius 2 is 1.77 bits per heavy atom. The third-order valence-electron chi connectivity index (χ3n) is 4.00. The molecule has 0 saturated heterocycles. The third kappa shape index (κ3) is 5.59. The molecule has 0 aliphatic heterocycles. The van der Waals surface area contributed by atoms with E-state index in [1.165, 1.54) is 23.9 Å². The topological polar surface area (TPSA) is 49.4 Å². The molecule has 138 valence electrons. The minimum Gasteiger partial charge on any atom is -0.357 e. The van der Waals surface area contributed by atoms with Gasteiger partial charge in [-0.15, -0.1) is 11.8 Å². The molecule has 1 N–H and O–H groups in total. The summed E-state index contributed by atoms with van der Waals surface area (Å²) in [7, 11) is 1.56. The van der Waals surface area contributed by atoms with Gasteiger partial charge >= 0.3 is 0 Å². The summed E-state index contributed by atoms with van der Waals surface area (Å²) in [6, 6.07) is 15.1. The number of thioether (sulfide) groups is 1. The Morgan fingerprint density at radius 1 is 1.12 bits per heavy atom. The van der Waals surface area contributed by atoms with Crippen LogP contribution < -0.4 is 5.32 Å². The summed E-state index contributed by atoms with van der Waals surface area (Å²) in [5, 5.41) is 2.62. The Bertz CT molecular complexity index is 722. The number of likely N-dealkylation sites (N-methyl/N-ethyl adjacent to an activating group) is 1. The van der Waals surface area contributed by atoms with Gasteiger partial charge in [0.25, 0.3) is 0 Å². The van der Waals surface area contributed by atoms with Gasteiger partial charge in [0.05, 0.1) is 5.75 Å². The second kappa shape index (κ2) is 9.97. The second-order valence-electron chi connectivity index (χ2n) is 5.79. The second-order valence-corrected chi connectivity index (χ2v) is 6.84. The van der Waals surface area contributed by atoms with Crippen LogP contribution in [0.2, 0.25) is 0 Å². The Labute approximate surface area is 157 Å². The zero-order valence-electron chi connectivity index (χ0n) is 14.9. The summed E-state index contributed by atoms with van der Waals surface area (Å²) in [5.74, 6) is -0.422. The van der Waals surface area contributed by atoms with Crippen LogP contribution in [0, 0.1) is 5.82 Å². The number of carbonyl (C=O) groups excluding carboxylic acids is 2. The predicted molar refractivity (Wildman–Crippen MR) is 102 cm³/mol. The van der Waals surface area contributed by atoms with Crippen LogP contribution in [-0.2, 0) is 16.1 Å². The van der Waals surface area contributed by atoms with Gasteiger partial charge in [-0.25, -0.2) is 4.39 Å². The third-order valence-corrected chi connectivity index (χ3v) is 5.00. The lowest BCUT2D eigenvalue weighted by molar-refractivity contribution is -0.139. The first kappa shape index (κ1) is 20.0. The van der Waals surface area contributed by atoms with Crippen molar-refractivity contribution in [2.45, 2.75) is 30.8 Å². The highest BCUT2D eigenvalue weighted by molar-refractivity contribution is 8.00. The molecule has 0 aliphatic carbocycles. The van der Waals surface area contributed by atoms with Gasteiger partial charge in [-0.2, -0.15) is 0 Å². The van der Waals surface area contributed by atoms with Crippen molar-refractivity contribution >= 4 is 23.6 Å². The molecule has 4 nitrogen and oxygen atoms in total. The van der Waals surface area contributed by atoms with E-state index in [-0.39, 0.29) is 29.9 Å². The van der Waals surface area contributed by atoms with E-state index in [2.05, 4.69) is 5.32 Å². The number of nitrogens with zero attached hydrogens (tertiary/aromatic N) is 1. The van der Waals surface area contributed by atoms with E-state index in [9.17, 15) is 14.0 Å². The highest BCUT2D eigenvalue weighted by Crippen LogP contribution is 2.20. The van der Waals surface area contributed by atoms with Crippen molar-refractivity contribution in [2.24, 2.45) is 0 Å². The van der Waals surface area contributed by atoms with Gasteiger partial charge in [-0.3, -0.25) is 9.59 Å². The minimum absolute atomic E-state index is 0.126. The molecule has 2 aromatic rings. The largest absolute Gasteiger partial charge is 0.357 e. The molecular formula is C20H23FN2O2S. The molecule has 0 aliphatic rings. The quantitative estimate of drug-likeness (QED) is 0.720. The average Bonchev–Trinajstić information content (AvgIpc) is 2.68. The number of benzene rings is 2. The van der Waals surface area contributed by atoms with Gasteiger partial charge in [-0.1, -0.05) is 37.3 Å². The summed E-state index contributed by atoms with van der Waals surface area (Å²) in [4.78, 5) is 27.7. The molecule has 0 saturated carbocycles. The van der Waals surface area contributed by atoms with E-state index in [1.54, 1.807) is 24.1 Å². The van der Waals surface area contributed by atoms with Crippen LogP contribution in [0.25, 0.3) is 0 Å². The van der Waals surface area contributed by atoms with Gasteiger partial charge in [-0.05, 0) is 36.2 Å². The number of carbonyl (C=O) groups is 2. The fourth-order valence-corrected chi connectivity index (χ4v) is 3.42. The van der Waals surface area contributed by atoms with Crippen LogP contribution in [0.4, 0.5) is 4.39 Å². The lowest BCUT2D eigenvalue weighted by Gasteiger charge is -2.30. The Kier molecular flexibility index (Phi) is 7.66. The van der Waals surface area contributed by atoms with Crippen LogP contribution in [0.1, 0.15) is 18.9 Å². The van der Waals surface area contributed by atoms with Crippen molar-refractivity contribution in [3.05, 3.63) is 66.0 Å². The molecule has 0 bridgehead atoms. The molecular weight excluding hydrogens is 351 g/mol. The minimum atomic E-state index is -0.561. The van der Waals surface area contributed by atoms with Gasteiger partial charge in [0.2, 0.25) is 11.8 Å². The van der Waals surface area contributed by atoms with Crippen molar-refractivity contribution in [2.75, 3.05) is 12.8 Å². The lowest BCUT2D eigenvalue weighted by Crippen LogP contribution is -2.48. The molecule has 2 aromatic carbocycles. The van der Waals surface area contributed by atoms with Gasteiger partial charge in [0.15, 0.2) is 0 Å². The SMILES string of the molecule is CC[C@@H](C(=O)NC)N(Cc1ccc(F)cc1)C(=O)CSc1ccccc1. The molecule has 0 aromatic heterocycles. The normalized spacial score (nSPS) is 11.7. The maximum absolute atomic E-state index is 13.2. The average molecular weight is 374 g/mol. The van der Waals surface area contributed by atoms with Crippen molar-refractivity contribution in [3.63, 3.8) is 0 Å². The molecule has 2 rings (SSSR count). The van der Waals surface area contributed by atoms with Crippen LogP contribution in [0.5, 0.6) is 0 Å². The Hall–Kier alpha value is -2.34. The number of amides is 2.